The first-order valence-corrected chi connectivity index (χ1v) is 13.4. The molecule has 2 aromatic carbocycles. The van der Waals surface area contributed by atoms with Crippen LogP contribution in [0.15, 0.2) is 48.9 Å². The van der Waals surface area contributed by atoms with E-state index in [0.717, 1.165) is 64.4 Å². The molecule has 0 atom stereocenters. The molecule has 11 heteroatoms. The van der Waals surface area contributed by atoms with Crippen molar-refractivity contribution in [2.75, 3.05) is 18.6 Å². The van der Waals surface area contributed by atoms with Crippen LogP contribution in [0.25, 0.3) is 27.8 Å². The molecule has 3 aromatic heterocycles. The molecule has 0 saturated heterocycles. The second kappa shape index (κ2) is 10.2. The van der Waals surface area contributed by atoms with Crippen LogP contribution in [-0.2, 0) is 32.0 Å². The molecule has 0 unspecified atom stereocenters. The smallest absolute Gasteiger partial charge is 0.434 e. The third-order valence-electron chi connectivity index (χ3n) is 7.68. The Morgan fingerprint density at radius 1 is 1.05 bits per heavy atom. The van der Waals surface area contributed by atoms with Crippen molar-refractivity contribution in [2.24, 2.45) is 0 Å². The topological polar surface area (TPSA) is 71.9 Å². The lowest BCUT2D eigenvalue weighted by Gasteiger charge is -2.28. The third kappa shape index (κ3) is 4.49. The molecule has 0 bridgehead atoms. The minimum Gasteiger partial charge on any atom is -0.492 e. The summed E-state index contributed by atoms with van der Waals surface area (Å²) in [6.07, 6.45) is 1.15. The van der Waals surface area contributed by atoms with Crippen molar-refractivity contribution in [3.8, 4) is 22.7 Å². The zero-order chi connectivity index (χ0) is 28.9. The molecule has 4 heterocycles. The number of ether oxygens (including phenoxy) is 1. The fourth-order valence-corrected chi connectivity index (χ4v) is 5.69. The molecule has 1 aliphatic rings. The van der Waals surface area contributed by atoms with Gasteiger partial charge in [-0.1, -0.05) is 32.0 Å². The van der Waals surface area contributed by atoms with Crippen LogP contribution in [0.4, 0.5) is 23.4 Å². The summed E-state index contributed by atoms with van der Waals surface area (Å²) >= 11 is 0. The fraction of sp³-hybridized carbons (Fsp3) is 0.300. The number of benzene rings is 2. The lowest BCUT2D eigenvalue weighted by atomic mass is 9.97. The summed E-state index contributed by atoms with van der Waals surface area (Å²) in [6, 6.07) is 9.53. The SMILES string of the molecule is CCc1cccc(CC)c1-n1nc2c(c1-c1cc(F)c(OC)c3[nH]ccc13)CN(c1cnc(C(F)(F)F)cn1)CC2. The van der Waals surface area contributed by atoms with E-state index in [0.29, 0.717) is 36.4 Å². The first-order chi connectivity index (χ1) is 19.7. The normalized spacial score (nSPS) is 13.6. The van der Waals surface area contributed by atoms with E-state index in [9.17, 15) is 13.2 Å². The molecule has 0 spiro atoms. The molecule has 212 valence electrons. The number of halogens is 4. The van der Waals surface area contributed by atoms with Gasteiger partial charge in [0.15, 0.2) is 17.3 Å². The Hall–Kier alpha value is -4.41. The maximum absolute atomic E-state index is 15.5. The van der Waals surface area contributed by atoms with Gasteiger partial charge < -0.3 is 14.6 Å². The van der Waals surface area contributed by atoms with Gasteiger partial charge in [0.2, 0.25) is 0 Å². The molecule has 0 aliphatic carbocycles. The van der Waals surface area contributed by atoms with E-state index in [1.807, 2.05) is 21.7 Å². The lowest BCUT2D eigenvalue weighted by Crippen LogP contribution is -2.31. The summed E-state index contributed by atoms with van der Waals surface area (Å²) in [5.41, 5.74) is 5.74. The highest BCUT2D eigenvalue weighted by atomic mass is 19.4. The highest BCUT2D eigenvalue weighted by Gasteiger charge is 2.34. The number of aryl methyl sites for hydroxylation is 2. The summed E-state index contributed by atoms with van der Waals surface area (Å²) in [6.45, 7) is 4.99. The van der Waals surface area contributed by atoms with Gasteiger partial charge in [-0.25, -0.2) is 19.0 Å². The van der Waals surface area contributed by atoms with Gasteiger partial charge in [-0.3, -0.25) is 0 Å². The third-order valence-corrected chi connectivity index (χ3v) is 7.68. The van der Waals surface area contributed by atoms with Gasteiger partial charge >= 0.3 is 6.18 Å². The molecule has 0 radical (unpaired) electrons. The standard InChI is InChI=1S/C30H28F4N6O/c1-4-17-7-6-8-18(5-2)27(17)40-28(20-13-22(31)29(41-3)26-19(20)9-11-35-26)21-16-39(12-10-23(21)38-40)25-15-36-24(14-37-25)30(32,33)34/h6-9,11,13-15,35H,4-5,10,12,16H2,1-3H3. The maximum Gasteiger partial charge on any atom is 0.434 e. The van der Waals surface area contributed by atoms with E-state index >= 15 is 4.39 Å². The van der Waals surface area contributed by atoms with Crippen LogP contribution in [0, 0.1) is 5.82 Å². The lowest BCUT2D eigenvalue weighted by molar-refractivity contribution is -0.141. The van der Waals surface area contributed by atoms with Crippen LogP contribution < -0.4 is 9.64 Å². The predicted octanol–water partition coefficient (Wildman–Crippen LogP) is 6.66. The van der Waals surface area contributed by atoms with Crippen molar-refractivity contribution < 1.29 is 22.3 Å². The Morgan fingerprint density at radius 2 is 1.80 bits per heavy atom. The van der Waals surface area contributed by atoms with Crippen molar-refractivity contribution in [1.82, 2.24) is 24.7 Å². The van der Waals surface area contributed by atoms with Gasteiger partial charge in [-0.05, 0) is 36.1 Å². The van der Waals surface area contributed by atoms with Gasteiger partial charge in [-0.15, -0.1) is 0 Å². The Morgan fingerprint density at radius 3 is 2.44 bits per heavy atom. The van der Waals surface area contributed by atoms with E-state index in [-0.39, 0.29) is 5.75 Å². The van der Waals surface area contributed by atoms with Crippen molar-refractivity contribution in [3.05, 3.63) is 82.8 Å². The minimum absolute atomic E-state index is 0.124. The van der Waals surface area contributed by atoms with Crippen LogP contribution in [0.3, 0.4) is 0 Å². The first kappa shape index (κ1) is 26.8. The number of nitrogens with one attached hydrogen (secondary N) is 1. The number of rotatable bonds is 6. The number of aromatic amines is 1. The van der Waals surface area contributed by atoms with E-state index in [2.05, 4.69) is 40.9 Å². The number of hydrogen-bond donors (Lipinski definition) is 1. The number of alkyl halides is 3. The number of nitrogens with zero attached hydrogens (tertiary/aromatic N) is 5. The number of aromatic nitrogens is 5. The number of H-pyrrole nitrogens is 1. The van der Waals surface area contributed by atoms with E-state index in [1.54, 1.807) is 6.20 Å². The highest BCUT2D eigenvalue weighted by molar-refractivity contribution is 5.99. The maximum atomic E-state index is 15.5. The van der Waals surface area contributed by atoms with Crippen molar-refractivity contribution >= 4 is 16.7 Å². The molecule has 0 amide bonds. The summed E-state index contributed by atoms with van der Waals surface area (Å²) in [7, 11) is 1.43. The molecule has 0 saturated carbocycles. The second-order valence-corrected chi connectivity index (χ2v) is 9.95. The van der Waals surface area contributed by atoms with E-state index < -0.39 is 17.7 Å². The predicted molar refractivity (Wildman–Crippen MR) is 148 cm³/mol. The second-order valence-electron chi connectivity index (χ2n) is 9.95. The molecule has 41 heavy (non-hydrogen) atoms. The van der Waals surface area contributed by atoms with Crippen LogP contribution in [0.1, 0.15) is 41.9 Å². The van der Waals surface area contributed by atoms with Crippen LogP contribution in [0.5, 0.6) is 5.75 Å². The van der Waals surface area contributed by atoms with Crippen molar-refractivity contribution in [3.63, 3.8) is 0 Å². The van der Waals surface area contributed by atoms with Gasteiger partial charge in [0.05, 0.1) is 42.1 Å². The Bertz CT molecular complexity index is 1720. The summed E-state index contributed by atoms with van der Waals surface area (Å²) in [5.74, 6) is -0.0588. The van der Waals surface area contributed by atoms with Crippen LogP contribution in [0.2, 0.25) is 0 Å². The molecule has 7 nitrogen and oxygen atoms in total. The molecular weight excluding hydrogens is 536 g/mol. The van der Waals surface area contributed by atoms with Gasteiger partial charge in [0.25, 0.3) is 0 Å². The summed E-state index contributed by atoms with van der Waals surface area (Å²) < 4.78 is 62.1. The summed E-state index contributed by atoms with van der Waals surface area (Å²) in [5, 5.41) is 5.86. The summed E-state index contributed by atoms with van der Waals surface area (Å²) in [4.78, 5) is 12.7. The molecule has 6 rings (SSSR count). The molecule has 1 aliphatic heterocycles. The Labute approximate surface area is 233 Å². The Kier molecular flexibility index (Phi) is 6.67. The van der Waals surface area contributed by atoms with Crippen molar-refractivity contribution in [1.29, 1.82) is 0 Å². The number of para-hydroxylation sites is 1. The molecule has 0 fully saturated rings. The molecule has 1 N–H and O–H groups in total. The van der Waals surface area contributed by atoms with Crippen LogP contribution in [-0.4, -0.2) is 38.4 Å². The Balaban J connectivity index is 1.58. The van der Waals surface area contributed by atoms with Gasteiger partial charge in [0.1, 0.15) is 5.82 Å². The largest absolute Gasteiger partial charge is 0.492 e. The minimum atomic E-state index is -4.57. The van der Waals surface area contributed by atoms with Crippen molar-refractivity contribution in [2.45, 2.75) is 45.8 Å². The zero-order valence-corrected chi connectivity index (χ0v) is 22.8. The number of anilines is 1. The first-order valence-electron chi connectivity index (χ1n) is 13.4. The van der Waals surface area contributed by atoms with E-state index in [1.165, 1.54) is 13.2 Å². The van der Waals surface area contributed by atoms with Crippen LogP contribution >= 0.6 is 0 Å². The molecule has 5 aromatic rings. The quantitative estimate of drug-likeness (QED) is 0.234. The van der Waals surface area contributed by atoms with Gasteiger partial charge in [-0.2, -0.15) is 18.3 Å². The number of hydrogen-bond acceptors (Lipinski definition) is 5. The fourth-order valence-electron chi connectivity index (χ4n) is 5.69. The van der Waals surface area contributed by atoms with E-state index in [4.69, 9.17) is 9.84 Å². The highest BCUT2D eigenvalue weighted by Crippen LogP contribution is 2.42. The average Bonchev–Trinajstić information content (AvgIpc) is 3.61. The van der Waals surface area contributed by atoms with Gasteiger partial charge in [0, 0.05) is 42.2 Å². The monoisotopic (exact) mass is 564 g/mol. The average molecular weight is 565 g/mol. The number of fused-ring (bicyclic) bond motifs is 2. The zero-order valence-electron chi connectivity index (χ0n) is 22.8. The number of methoxy groups -OCH3 is 1. The molecular formula is C30H28F4N6O.